The van der Waals surface area contributed by atoms with Crippen molar-refractivity contribution in [2.45, 2.75) is 33.2 Å². The fourth-order valence-corrected chi connectivity index (χ4v) is 2.55. The predicted molar refractivity (Wildman–Crippen MR) is 95.8 cm³/mol. The van der Waals surface area contributed by atoms with E-state index in [-0.39, 0.29) is 11.9 Å². The van der Waals surface area contributed by atoms with Crippen LogP contribution in [-0.2, 0) is 0 Å². The standard InChI is InChI=1S/C20H25NO3/c1-5-17(15-9-7-14(3)8-10-15)21-20(22)16-11-12-18(24-6-2)19(13-16)23-4/h7-13,17H,5-6H2,1-4H3,(H,21,22)/t17-/m0/s1. The molecule has 0 bridgehead atoms. The molecular weight excluding hydrogens is 302 g/mol. The van der Waals surface area contributed by atoms with Crippen molar-refractivity contribution in [3.05, 3.63) is 59.2 Å². The molecule has 2 rings (SSSR count). The van der Waals surface area contributed by atoms with Gasteiger partial charge in [-0.15, -0.1) is 0 Å². The highest BCUT2D eigenvalue weighted by molar-refractivity contribution is 5.95. The summed E-state index contributed by atoms with van der Waals surface area (Å²) in [7, 11) is 1.57. The first-order valence-electron chi connectivity index (χ1n) is 8.27. The molecule has 0 saturated carbocycles. The van der Waals surface area contributed by atoms with Crippen LogP contribution in [0.4, 0.5) is 0 Å². The largest absolute Gasteiger partial charge is 0.493 e. The molecule has 1 N–H and O–H groups in total. The molecule has 0 saturated heterocycles. The number of methoxy groups -OCH3 is 1. The van der Waals surface area contributed by atoms with Gasteiger partial charge in [-0.2, -0.15) is 0 Å². The second-order valence-corrected chi connectivity index (χ2v) is 5.64. The lowest BCUT2D eigenvalue weighted by molar-refractivity contribution is 0.0935. The van der Waals surface area contributed by atoms with Crippen molar-refractivity contribution in [1.82, 2.24) is 5.32 Å². The number of hydrogen-bond acceptors (Lipinski definition) is 3. The smallest absolute Gasteiger partial charge is 0.251 e. The minimum atomic E-state index is -0.122. The number of hydrogen-bond donors (Lipinski definition) is 1. The Morgan fingerprint density at radius 1 is 1.08 bits per heavy atom. The van der Waals surface area contributed by atoms with Gasteiger partial charge in [0.1, 0.15) is 0 Å². The molecule has 4 heteroatoms. The lowest BCUT2D eigenvalue weighted by Gasteiger charge is -2.18. The summed E-state index contributed by atoms with van der Waals surface area (Å²) in [4.78, 5) is 12.6. The molecule has 128 valence electrons. The summed E-state index contributed by atoms with van der Waals surface area (Å²) in [5.41, 5.74) is 2.87. The summed E-state index contributed by atoms with van der Waals surface area (Å²) in [6, 6.07) is 13.5. The van der Waals surface area contributed by atoms with Gasteiger partial charge in [0.2, 0.25) is 0 Å². The Labute approximate surface area is 143 Å². The minimum Gasteiger partial charge on any atom is -0.493 e. The third-order valence-electron chi connectivity index (χ3n) is 3.92. The van der Waals surface area contributed by atoms with Gasteiger partial charge in [-0.25, -0.2) is 0 Å². The highest BCUT2D eigenvalue weighted by atomic mass is 16.5. The molecule has 24 heavy (non-hydrogen) atoms. The van der Waals surface area contributed by atoms with E-state index in [1.165, 1.54) is 5.56 Å². The minimum absolute atomic E-state index is 0.0179. The summed E-state index contributed by atoms with van der Waals surface area (Å²) in [5.74, 6) is 1.08. The number of aryl methyl sites for hydroxylation is 1. The van der Waals surface area contributed by atoms with E-state index in [1.807, 2.05) is 6.92 Å². The van der Waals surface area contributed by atoms with E-state index >= 15 is 0 Å². The molecule has 1 amide bonds. The number of carbonyl (C=O) groups excluding carboxylic acids is 1. The second kappa shape index (κ2) is 8.39. The van der Waals surface area contributed by atoms with Crippen LogP contribution in [0.15, 0.2) is 42.5 Å². The van der Waals surface area contributed by atoms with Crippen molar-refractivity contribution in [2.24, 2.45) is 0 Å². The Kier molecular flexibility index (Phi) is 6.24. The average Bonchev–Trinajstić information content (AvgIpc) is 2.61. The zero-order valence-corrected chi connectivity index (χ0v) is 14.8. The number of rotatable bonds is 7. The Morgan fingerprint density at radius 2 is 1.79 bits per heavy atom. The third kappa shape index (κ3) is 4.28. The summed E-state index contributed by atoms with van der Waals surface area (Å²) in [6.07, 6.45) is 0.822. The predicted octanol–water partition coefficient (Wildman–Crippen LogP) is 4.28. The van der Waals surface area contributed by atoms with Gasteiger partial charge in [-0.05, 0) is 44.0 Å². The maximum Gasteiger partial charge on any atom is 0.251 e. The monoisotopic (exact) mass is 327 g/mol. The first-order valence-corrected chi connectivity index (χ1v) is 8.27. The fraction of sp³-hybridized carbons (Fsp3) is 0.350. The molecule has 2 aromatic rings. The molecule has 0 radical (unpaired) electrons. The number of ether oxygens (including phenoxy) is 2. The van der Waals surface area contributed by atoms with E-state index in [4.69, 9.17) is 9.47 Å². The zero-order valence-electron chi connectivity index (χ0n) is 14.8. The summed E-state index contributed by atoms with van der Waals surface area (Å²) in [6.45, 7) is 6.57. The summed E-state index contributed by atoms with van der Waals surface area (Å²) in [5, 5.41) is 3.09. The van der Waals surface area contributed by atoms with Crippen LogP contribution in [0, 0.1) is 6.92 Å². The number of benzene rings is 2. The molecule has 0 aromatic heterocycles. The van der Waals surface area contributed by atoms with E-state index in [1.54, 1.807) is 25.3 Å². The van der Waals surface area contributed by atoms with Crippen molar-refractivity contribution in [1.29, 1.82) is 0 Å². The molecule has 1 atom stereocenters. The van der Waals surface area contributed by atoms with Crippen LogP contribution < -0.4 is 14.8 Å². The van der Waals surface area contributed by atoms with Crippen LogP contribution in [0.2, 0.25) is 0 Å². The lowest BCUT2D eigenvalue weighted by Crippen LogP contribution is -2.28. The number of nitrogens with one attached hydrogen (secondary N) is 1. The van der Waals surface area contributed by atoms with Crippen molar-refractivity contribution in [3.63, 3.8) is 0 Å². The van der Waals surface area contributed by atoms with Gasteiger partial charge in [0.05, 0.1) is 19.8 Å². The molecule has 0 spiro atoms. The van der Waals surface area contributed by atoms with Gasteiger partial charge in [0, 0.05) is 5.56 Å². The Balaban J connectivity index is 2.17. The van der Waals surface area contributed by atoms with Crippen LogP contribution in [-0.4, -0.2) is 19.6 Å². The first kappa shape index (κ1) is 17.9. The Morgan fingerprint density at radius 3 is 2.38 bits per heavy atom. The summed E-state index contributed by atoms with van der Waals surface area (Å²) >= 11 is 0. The zero-order chi connectivity index (χ0) is 17.5. The number of amides is 1. The van der Waals surface area contributed by atoms with Gasteiger partial charge < -0.3 is 14.8 Å². The van der Waals surface area contributed by atoms with E-state index < -0.39 is 0 Å². The van der Waals surface area contributed by atoms with Crippen LogP contribution >= 0.6 is 0 Å². The van der Waals surface area contributed by atoms with Gasteiger partial charge in [-0.3, -0.25) is 4.79 Å². The second-order valence-electron chi connectivity index (χ2n) is 5.64. The maximum atomic E-state index is 12.6. The van der Waals surface area contributed by atoms with E-state index in [2.05, 4.69) is 43.4 Å². The maximum absolute atomic E-state index is 12.6. The topological polar surface area (TPSA) is 47.6 Å². The van der Waals surface area contributed by atoms with Crippen molar-refractivity contribution >= 4 is 5.91 Å². The van der Waals surface area contributed by atoms with E-state index in [0.717, 1.165) is 12.0 Å². The first-order chi connectivity index (χ1) is 11.6. The van der Waals surface area contributed by atoms with Crippen LogP contribution in [0.3, 0.4) is 0 Å². The van der Waals surface area contributed by atoms with E-state index in [9.17, 15) is 4.79 Å². The molecule has 0 aliphatic heterocycles. The van der Waals surface area contributed by atoms with Crippen LogP contribution in [0.1, 0.15) is 47.8 Å². The molecule has 0 aliphatic carbocycles. The van der Waals surface area contributed by atoms with Gasteiger partial charge >= 0.3 is 0 Å². The van der Waals surface area contributed by atoms with Crippen LogP contribution in [0.25, 0.3) is 0 Å². The van der Waals surface area contributed by atoms with Crippen molar-refractivity contribution < 1.29 is 14.3 Å². The van der Waals surface area contributed by atoms with Gasteiger partial charge in [0.25, 0.3) is 5.91 Å². The highest BCUT2D eigenvalue weighted by Gasteiger charge is 2.16. The molecule has 2 aromatic carbocycles. The molecule has 0 aliphatic rings. The average molecular weight is 327 g/mol. The fourth-order valence-electron chi connectivity index (χ4n) is 2.55. The van der Waals surface area contributed by atoms with Crippen LogP contribution in [0.5, 0.6) is 11.5 Å². The molecular formula is C20H25NO3. The third-order valence-corrected chi connectivity index (χ3v) is 3.92. The summed E-state index contributed by atoms with van der Waals surface area (Å²) < 4.78 is 10.8. The Bertz CT molecular complexity index is 680. The molecule has 0 heterocycles. The normalized spacial score (nSPS) is 11.7. The molecule has 0 unspecified atom stereocenters. The van der Waals surface area contributed by atoms with E-state index in [0.29, 0.717) is 23.7 Å². The number of carbonyl (C=O) groups is 1. The van der Waals surface area contributed by atoms with Crippen molar-refractivity contribution in [3.8, 4) is 11.5 Å². The molecule has 0 fully saturated rings. The molecule has 4 nitrogen and oxygen atoms in total. The SMILES string of the molecule is CCOc1ccc(C(=O)N[C@@H](CC)c2ccc(C)cc2)cc1OC. The quantitative estimate of drug-likeness (QED) is 0.825. The van der Waals surface area contributed by atoms with Gasteiger partial charge in [0.15, 0.2) is 11.5 Å². The highest BCUT2D eigenvalue weighted by Crippen LogP contribution is 2.28. The Hall–Kier alpha value is -2.49. The van der Waals surface area contributed by atoms with Gasteiger partial charge in [-0.1, -0.05) is 36.8 Å². The lowest BCUT2D eigenvalue weighted by atomic mass is 10.0. The van der Waals surface area contributed by atoms with Crippen molar-refractivity contribution in [2.75, 3.05) is 13.7 Å².